The van der Waals surface area contributed by atoms with Crippen molar-refractivity contribution in [3.05, 3.63) is 47.9 Å². The maximum atomic E-state index is 13.4. The maximum Gasteiger partial charge on any atom is 0.184 e. The molecule has 1 aliphatic rings. The fraction of sp³-hybridized carbons (Fsp3) is 0.409. The van der Waals surface area contributed by atoms with Gasteiger partial charge in [-0.25, -0.2) is 4.39 Å². The molecule has 0 bridgehead atoms. The number of fused-ring (bicyclic) bond motifs is 1. The summed E-state index contributed by atoms with van der Waals surface area (Å²) in [5.41, 5.74) is 2.46. The quantitative estimate of drug-likeness (QED) is 0.603. The molecule has 5 nitrogen and oxygen atoms in total. The summed E-state index contributed by atoms with van der Waals surface area (Å²) >= 11 is 0. The SMILES string of the molecule is CCCOc1[c]ccc(N2CCC(c3noc4cc(F)ccc34)CC2)c1OC. The van der Waals surface area contributed by atoms with Crippen molar-refractivity contribution >= 4 is 16.7 Å². The van der Waals surface area contributed by atoms with Gasteiger partial charge in [0.2, 0.25) is 0 Å². The van der Waals surface area contributed by atoms with Gasteiger partial charge >= 0.3 is 0 Å². The Labute approximate surface area is 164 Å². The van der Waals surface area contributed by atoms with Crippen LogP contribution in [0.4, 0.5) is 10.1 Å². The minimum atomic E-state index is -0.306. The van der Waals surface area contributed by atoms with Crippen molar-refractivity contribution in [2.45, 2.75) is 32.1 Å². The Balaban J connectivity index is 1.51. The molecule has 0 N–H and O–H groups in total. The average Bonchev–Trinajstić information content (AvgIpc) is 3.15. The number of rotatable bonds is 6. The van der Waals surface area contributed by atoms with E-state index < -0.39 is 0 Å². The summed E-state index contributed by atoms with van der Waals surface area (Å²) in [6.07, 6.45) is 2.81. The first kappa shape index (κ1) is 18.6. The van der Waals surface area contributed by atoms with Crippen LogP contribution in [0, 0.1) is 11.9 Å². The molecule has 1 aromatic heterocycles. The molecule has 1 aliphatic heterocycles. The molecule has 147 valence electrons. The van der Waals surface area contributed by atoms with Crippen molar-refractivity contribution in [2.75, 3.05) is 31.7 Å². The first-order valence-electron chi connectivity index (χ1n) is 9.72. The third kappa shape index (κ3) is 3.51. The second kappa shape index (κ2) is 8.09. The van der Waals surface area contributed by atoms with E-state index in [4.69, 9.17) is 14.0 Å². The summed E-state index contributed by atoms with van der Waals surface area (Å²) < 4.78 is 30.1. The Hall–Kier alpha value is -2.76. The van der Waals surface area contributed by atoms with E-state index in [9.17, 15) is 4.39 Å². The third-order valence-electron chi connectivity index (χ3n) is 5.23. The number of anilines is 1. The summed E-state index contributed by atoms with van der Waals surface area (Å²) in [5, 5.41) is 5.13. The highest BCUT2D eigenvalue weighted by Crippen LogP contribution is 2.40. The Morgan fingerprint density at radius 1 is 1.29 bits per heavy atom. The van der Waals surface area contributed by atoms with E-state index in [0.29, 0.717) is 23.9 Å². The fourth-order valence-corrected chi connectivity index (χ4v) is 3.83. The molecule has 0 aliphatic carbocycles. The van der Waals surface area contributed by atoms with Gasteiger partial charge in [0.05, 0.1) is 25.1 Å². The monoisotopic (exact) mass is 383 g/mol. The zero-order chi connectivity index (χ0) is 19.5. The lowest BCUT2D eigenvalue weighted by atomic mass is 9.91. The molecule has 1 fully saturated rings. The Kier molecular flexibility index (Phi) is 5.37. The molecule has 28 heavy (non-hydrogen) atoms. The van der Waals surface area contributed by atoms with Crippen molar-refractivity contribution in [2.24, 2.45) is 0 Å². The van der Waals surface area contributed by atoms with Crippen molar-refractivity contribution in [3.8, 4) is 11.5 Å². The van der Waals surface area contributed by atoms with Gasteiger partial charge in [0.15, 0.2) is 17.1 Å². The van der Waals surface area contributed by atoms with Gasteiger partial charge in [0, 0.05) is 36.5 Å². The van der Waals surface area contributed by atoms with E-state index in [-0.39, 0.29) is 5.82 Å². The average molecular weight is 383 g/mol. The number of ether oxygens (including phenoxy) is 2. The van der Waals surface area contributed by atoms with Gasteiger partial charge in [-0.3, -0.25) is 0 Å². The van der Waals surface area contributed by atoms with Crippen LogP contribution in [0.3, 0.4) is 0 Å². The van der Waals surface area contributed by atoms with Gasteiger partial charge < -0.3 is 18.9 Å². The second-order valence-corrected chi connectivity index (χ2v) is 7.04. The van der Waals surface area contributed by atoms with Gasteiger partial charge in [-0.15, -0.1) is 0 Å². The van der Waals surface area contributed by atoms with E-state index in [2.05, 4.69) is 23.0 Å². The molecule has 0 amide bonds. The van der Waals surface area contributed by atoms with Crippen LogP contribution in [0.25, 0.3) is 11.0 Å². The van der Waals surface area contributed by atoms with E-state index in [0.717, 1.165) is 54.9 Å². The molecule has 2 aromatic carbocycles. The summed E-state index contributed by atoms with van der Waals surface area (Å²) in [7, 11) is 1.67. The molecule has 1 saturated heterocycles. The second-order valence-electron chi connectivity index (χ2n) is 7.04. The predicted octanol–water partition coefficient (Wildman–Crippen LogP) is 4.95. The smallest absolute Gasteiger partial charge is 0.184 e. The Morgan fingerprint density at radius 2 is 2.11 bits per heavy atom. The van der Waals surface area contributed by atoms with Crippen molar-refractivity contribution < 1.29 is 18.4 Å². The summed E-state index contributed by atoms with van der Waals surface area (Å²) in [6, 6.07) is 11.6. The Bertz CT molecular complexity index is 948. The molecule has 1 radical (unpaired) electrons. The highest BCUT2D eigenvalue weighted by Gasteiger charge is 2.27. The number of hydrogen-bond donors (Lipinski definition) is 0. The number of aromatic nitrogens is 1. The summed E-state index contributed by atoms with van der Waals surface area (Å²) in [4.78, 5) is 2.31. The van der Waals surface area contributed by atoms with E-state index in [1.165, 1.54) is 12.1 Å². The molecule has 3 aromatic rings. The maximum absolute atomic E-state index is 13.4. The van der Waals surface area contributed by atoms with Gasteiger partial charge in [-0.2, -0.15) is 0 Å². The van der Waals surface area contributed by atoms with Gasteiger partial charge in [0.25, 0.3) is 0 Å². The molecule has 0 atom stereocenters. The van der Waals surface area contributed by atoms with Crippen LogP contribution in [-0.2, 0) is 0 Å². The lowest BCUT2D eigenvalue weighted by molar-refractivity contribution is 0.293. The van der Waals surface area contributed by atoms with Gasteiger partial charge in [-0.05, 0) is 43.5 Å². The van der Waals surface area contributed by atoms with E-state index in [1.807, 2.05) is 12.1 Å². The summed E-state index contributed by atoms with van der Waals surface area (Å²) in [6.45, 7) is 4.45. The zero-order valence-corrected chi connectivity index (χ0v) is 16.2. The minimum Gasteiger partial charge on any atom is -0.491 e. The number of benzene rings is 2. The number of piperidine rings is 1. The number of nitrogens with zero attached hydrogens (tertiary/aromatic N) is 2. The van der Waals surface area contributed by atoms with Crippen LogP contribution in [0.1, 0.15) is 37.8 Å². The molecule has 6 heteroatoms. The molecular formula is C22H24FN2O3. The summed E-state index contributed by atoms with van der Waals surface area (Å²) in [5.74, 6) is 1.38. The first-order valence-corrected chi connectivity index (χ1v) is 9.72. The molecule has 0 spiro atoms. The van der Waals surface area contributed by atoms with Gasteiger partial charge in [-0.1, -0.05) is 12.1 Å². The van der Waals surface area contributed by atoms with Crippen LogP contribution < -0.4 is 14.4 Å². The normalized spacial score (nSPS) is 15.2. The van der Waals surface area contributed by atoms with Crippen molar-refractivity contribution in [3.63, 3.8) is 0 Å². The Morgan fingerprint density at radius 3 is 2.86 bits per heavy atom. The predicted molar refractivity (Wildman–Crippen MR) is 106 cm³/mol. The lowest BCUT2D eigenvalue weighted by Gasteiger charge is -2.34. The van der Waals surface area contributed by atoms with Crippen LogP contribution in [0.15, 0.2) is 34.9 Å². The third-order valence-corrected chi connectivity index (χ3v) is 5.23. The molecule has 0 saturated carbocycles. The van der Waals surface area contributed by atoms with Crippen molar-refractivity contribution in [1.29, 1.82) is 0 Å². The first-order chi connectivity index (χ1) is 13.7. The minimum absolute atomic E-state index is 0.292. The molecule has 2 heterocycles. The largest absolute Gasteiger partial charge is 0.491 e. The van der Waals surface area contributed by atoms with Gasteiger partial charge in [0.1, 0.15) is 5.82 Å². The highest BCUT2D eigenvalue weighted by atomic mass is 19.1. The zero-order valence-electron chi connectivity index (χ0n) is 16.2. The number of hydrogen-bond acceptors (Lipinski definition) is 5. The topological polar surface area (TPSA) is 47.7 Å². The molecule has 4 rings (SSSR count). The molecule has 0 unspecified atom stereocenters. The van der Waals surface area contributed by atoms with Crippen LogP contribution >= 0.6 is 0 Å². The van der Waals surface area contributed by atoms with Crippen LogP contribution in [0.2, 0.25) is 0 Å². The number of methoxy groups -OCH3 is 1. The van der Waals surface area contributed by atoms with E-state index >= 15 is 0 Å². The standard InChI is InChI=1S/C22H24FN2O3/c1-3-13-27-19-6-4-5-18(22(19)26-2)25-11-9-15(10-12-25)21-17-8-7-16(23)14-20(17)28-24-21/h4-5,7-8,14-15H,3,9-13H2,1-2H3. The molecular weight excluding hydrogens is 359 g/mol. The van der Waals surface area contributed by atoms with Crippen LogP contribution in [0.5, 0.6) is 11.5 Å². The van der Waals surface area contributed by atoms with Crippen molar-refractivity contribution in [1.82, 2.24) is 5.16 Å². The number of halogens is 1. The highest BCUT2D eigenvalue weighted by molar-refractivity contribution is 5.80. The van der Waals surface area contributed by atoms with Crippen LogP contribution in [-0.4, -0.2) is 32.0 Å². The lowest BCUT2D eigenvalue weighted by Crippen LogP contribution is -2.33. The van der Waals surface area contributed by atoms with E-state index in [1.54, 1.807) is 13.2 Å². The fourth-order valence-electron chi connectivity index (χ4n) is 3.83.